The Morgan fingerprint density at radius 2 is 1.58 bits per heavy atom. The van der Waals surface area contributed by atoms with Crippen molar-refractivity contribution in [1.29, 1.82) is 0 Å². The molecule has 36 heavy (non-hydrogen) atoms. The van der Waals surface area contributed by atoms with Gasteiger partial charge in [-0.05, 0) is 66.0 Å². The van der Waals surface area contributed by atoms with Gasteiger partial charge in [0.2, 0.25) is 0 Å². The maximum Gasteiger partial charge on any atom is 0.412 e. The van der Waals surface area contributed by atoms with E-state index in [0.717, 1.165) is 63.9 Å². The lowest BCUT2D eigenvalue weighted by Gasteiger charge is -2.37. The van der Waals surface area contributed by atoms with Crippen molar-refractivity contribution in [1.82, 2.24) is 4.37 Å². The molecule has 1 saturated carbocycles. The molecule has 0 bridgehead atoms. The zero-order valence-corrected chi connectivity index (χ0v) is 21.2. The summed E-state index contributed by atoms with van der Waals surface area (Å²) in [7, 11) is 0. The summed E-state index contributed by atoms with van der Waals surface area (Å²) in [4.78, 5) is 25.1. The Morgan fingerprint density at radius 1 is 0.972 bits per heavy atom. The number of anilines is 1. The van der Waals surface area contributed by atoms with Crippen LogP contribution >= 0.6 is 11.5 Å². The predicted octanol–water partition coefficient (Wildman–Crippen LogP) is 7.72. The summed E-state index contributed by atoms with van der Waals surface area (Å²) in [6.45, 7) is 3.73. The van der Waals surface area contributed by atoms with Gasteiger partial charge in [-0.25, -0.2) is 4.79 Å². The molecule has 1 aliphatic rings. The summed E-state index contributed by atoms with van der Waals surface area (Å²) in [6.07, 6.45) is 3.23. The topological polar surface area (TPSA) is 68.3 Å². The van der Waals surface area contributed by atoms with E-state index in [1.165, 1.54) is 11.5 Å². The van der Waals surface area contributed by atoms with E-state index < -0.39 is 6.09 Å². The largest absolute Gasteiger partial charge is 0.441 e. The molecule has 5 nitrogen and oxygen atoms in total. The molecule has 6 heteroatoms. The molecule has 0 spiro atoms. The molecule has 0 unspecified atom stereocenters. The maximum atomic E-state index is 12.6. The van der Waals surface area contributed by atoms with Crippen LogP contribution in [0.1, 0.15) is 49.1 Å². The van der Waals surface area contributed by atoms with Crippen LogP contribution in [0.4, 0.5) is 10.5 Å². The second-order valence-corrected chi connectivity index (χ2v) is 10.1. The number of carbonyl (C=O) groups excluding carboxylic acids is 2. The third-order valence-corrected chi connectivity index (χ3v) is 8.04. The quantitative estimate of drug-likeness (QED) is 0.266. The summed E-state index contributed by atoms with van der Waals surface area (Å²) >= 11 is 1.35. The number of hydrogen-bond donors (Lipinski definition) is 1. The fourth-order valence-electron chi connectivity index (χ4n) is 4.64. The molecule has 5 rings (SSSR count). The number of amides is 1. The maximum absolute atomic E-state index is 12.6. The first-order valence-corrected chi connectivity index (χ1v) is 12.9. The highest BCUT2D eigenvalue weighted by Gasteiger charge is 2.38. The van der Waals surface area contributed by atoms with Crippen molar-refractivity contribution in [2.45, 2.75) is 44.6 Å². The first kappa shape index (κ1) is 23.9. The lowest BCUT2D eigenvalue weighted by atomic mass is 9.65. The molecule has 0 aliphatic heterocycles. The van der Waals surface area contributed by atoms with E-state index in [2.05, 4.69) is 46.1 Å². The molecule has 1 amide bonds. The second-order valence-electron chi connectivity index (χ2n) is 9.34. The minimum Gasteiger partial charge on any atom is -0.441 e. The summed E-state index contributed by atoms with van der Waals surface area (Å²) in [5, 5.41) is 2.90. The van der Waals surface area contributed by atoms with E-state index in [4.69, 9.17) is 4.74 Å². The van der Waals surface area contributed by atoms with Gasteiger partial charge in [0.1, 0.15) is 12.4 Å². The molecule has 1 heterocycles. The van der Waals surface area contributed by atoms with Crippen LogP contribution in [0.5, 0.6) is 0 Å². The molecular weight excluding hydrogens is 468 g/mol. The van der Waals surface area contributed by atoms with Crippen molar-refractivity contribution in [3.63, 3.8) is 0 Å². The van der Waals surface area contributed by atoms with E-state index in [1.54, 1.807) is 0 Å². The summed E-state index contributed by atoms with van der Waals surface area (Å²) in [5.41, 5.74) is 6.34. The fourth-order valence-corrected chi connectivity index (χ4v) is 5.49. The van der Waals surface area contributed by atoms with Crippen LogP contribution in [0.15, 0.2) is 78.9 Å². The minimum absolute atomic E-state index is 0.282. The number of rotatable bonds is 7. The lowest BCUT2D eigenvalue weighted by Crippen LogP contribution is -2.35. The average Bonchev–Trinajstić information content (AvgIpc) is 3.24. The van der Waals surface area contributed by atoms with Crippen molar-refractivity contribution in [2.75, 3.05) is 5.32 Å². The smallest absolute Gasteiger partial charge is 0.412 e. The third-order valence-electron chi connectivity index (χ3n) is 7.05. The van der Waals surface area contributed by atoms with Gasteiger partial charge in [-0.1, -0.05) is 85.3 Å². The first-order valence-electron chi connectivity index (χ1n) is 12.2. The van der Waals surface area contributed by atoms with E-state index in [9.17, 15) is 9.59 Å². The van der Waals surface area contributed by atoms with Crippen molar-refractivity contribution in [2.24, 2.45) is 0 Å². The molecule has 0 saturated heterocycles. The van der Waals surface area contributed by atoms with E-state index >= 15 is 0 Å². The minimum atomic E-state index is -0.507. The standard InChI is InChI=1S/C30H28N2O3S/c1-20-27(31-29(34)35-21(2)22-7-4-3-5-8-22)28(36-32-20)25-11-9-23(10-12-25)24-13-15-26(16-14-24)30(19-33)17-6-18-30/h3-5,7-16,19,21H,6,17-18H2,1-2H3,(H,31,34)/t21-/m1/s1. The van der Waals surface area contributed by atoms with Gasteiger partial charge in [-0.15, -0.1) is 0 Å². The van der Waals surface area contributed by atoms with E-state index in [1.807, 2.05) is 56.3 Å². The van der Waals surface area contributed by atoms with Crippen LogP contribution in [-0.2, 0) is 14.9 Å². The normalized spacial score (nSPS) is 14.9. The number of aldehydes is 1. The Labute approximate surface area is 215 Å². The third kappa shape index (κ3) is 4.69. The number of carbonyl (C=O) groups is 2. The molecule has 182 valence electrons. The highest BCUT2D eigenvalue weighted by molar-refractivity contribution is 7.10. The van der Waals surface area contributed by atoms with E-state index in [0.29, 0.717) is 5.69 Å². The summed E-state index contributed by atoms with van der Waals surface area (Å²) < 4.78 is 10.1. The van der Waals surface area contributed by atoms with Gasteiger partial charge < -0.3 is 9.53 Å². The van der Waals surface area contributed by atoms with Gasteiger partial charge >= 0.3 is 6.09 Å². The lowest BCUT2D eigenvalue weighted by molar-refractivity contribution is -0.115. The van der Waals surface area contributed by atoms with Crippen molar-refractivity contribution >= 4 is 29.6 Å². The zero-order valence-electron chi connectivity index (χ0n) is 20.4. The Balaban J connectivity index is 1.30. The first-order chi connectivity index (χ1) is 17.5. The van der Waals surface area contributed by atoms with Gasteiger partial charge in [0, 0.05) is 0 Å². The monoisotopic (exact) mass is 496 g/mol. The molecule has 0 radical (unpaired) electrons. The number of nitrogens with one attached hydrogen (secondary N) is 1. The molecule has 1 N–H and O–H groups in total. The van der Waals surface area contributed by atoms with Crippen LogP contribution in [0, 0.1) is 6.92 Å². The van der Waals surface area contributed by atoms with E-state index in [-0.39, 0.29) is 11.5 Å². The van der Waals surface area contributed by atoms with Crippen LogP contribution in [0.2, 0.25) is 0 Å². The van der Waals surface area contributed by atoms with Gasteiger partial charge in [0.25, 0.3) is 0 Å². The number of nitrogens with zero attached hydrogens (tertiary/aromatic N) is 1. The Morgan fingerprint density at radius 3 is 2.17 bits per heavy atom. The van der Waals surface area contributed by atoms with Crippen LogP contribution < -0.4 is 5.32 Å². The Kier molecular flexibility index (Phi) is 6.70. The highest BCUT2D eigenvalue weighted by atomic mass is 32.1. The van der Waals surface area contributed by atoms with Crippen molar-refractivity contribution < 1.29 is 14.3 Å². The molecule has 1 atom stereocenters. The van der Waals surface area contributed by atoms with Gasteiger partial charge in [0.15, 0.2) is 0 Å². The number of hydrogen-bond acceptors (Lipinski definition) is 5. The molecule has 3 aromatic carbocycles. The molecule has 1 fully saturated rings. The molecule has 4 aromatic rings. The summed E-state index contributed by atoms with van der Waals surface area (Å²) in [5.74, 6) is 0. The van der Waals surface area contributed by atoms with Crippen LogP contribution in [-0.4, -0.2) is 16.8 Å². The number of aryl methyl sites for hydroxylation is 1. The van der Waals surface area contributed by atoms with Gasteiger partial charge in [-0.2, -0.15) is 4.37 Å². The highest BCUT2D eigenvalue weighted by Crippen LogP contribution is 2.42. The molecule has 1 aliphatic carbocycles. The van der Waals surface area contributed by atoms with Crippen LogP contribution in [0.25, 0.3) is 21.6 Å². The zero-order chi connectivity index (χ0) is 25.1. The van der Waals surface area contributed by atoms with Gasteiger partial charge in [0.05, 0.1) is 21.7 Å². The van der Waals surface area contributed by atoms with Gasteiger partial charge in [-0.3, -0.25) is 5.32 Å². The van der Waals surface area contributed by atoms with Crippen molar-refractivity contribution in [3.05, 3.63) is 95.7 Å². The number of benzene rings is 3. The molecule has 1 aromatic heterocycles. The molecular formula is C30H28N2O3S. The second kappa shape index (κ2) is 10.1. The van der Waals surface area contributed by atoms with Crippen LogP contribution in [0.3, 0.4) is 0 Å². The number of ether oxygens (including phenoxy) is 1. The predicted molar refractivity (Wildman–Crippen MR) is 144 cm³/mol. The fraction of sp³-hybridized carbons (Fsp3) is 0.233. The average molecular weight is 497 g/mol. The SMILES string of the molecule is Cc1nsc(-c2ccc(-c3ccc(C4(C=O)CCC4)cc3)cc2)c1NC(=O)O[C@H](C)c1ccccc1. The summed E-state index contributed by atoms with van der Waals surface area (Å²) in [6, 6.07) is 26.2. The number of aromatic nitrogens is 1. The van der Waals surface area contributed by atoms with Crippen molar-refractivity contribution in [3.8, 4) is 21.6 Å². The Bertz CT molecular complexity index is 1360. The Hall–Kier alpha value is -3.77.